The van der Waals surface area contributed by atoms with Crippen LogP contribution in [0.3, 0.4) is 0 Å². The van der Waals surface area contributed by atoms with Crippen molar-refractivity contribution in [3.63, 3.8) is 0 Å². The van der Waals surface area contributed by atoms with Crippen molar-refractivity contribution in [3.8, 4) is 0 Å². The predicted molar refractivity (Wildman–Crippen MR) is 49.9 cm³/mol. The summed E-state index contributed by atoms with van der Waals surface area (Å²) in [6.07, 6.45) is 0. The van der Waals surface area contributed by atoms with Gasteiger partial charge in [0, 0.05) is 7.05 Å². The summed E-state index contributed by atoms with van der Waals surface area (Å²) in [6.45, 7) is 0. The number of carbonyl (C=O) groups excluding carboxylic acids is 1. The second kappa shape index (κ2) is 3.57. The van der Waals surface area contributed by atoms with Gasteiger partial charge in [-0.15, -0.1) is 0 Å². The third-order valence-electron chi connectivity index (χ3n) is 1.35. The number of hydrogen-bond acceptors (Lipinski definition) is 3. The van der Waals surface area contributed by atoms with Gasteiger partial charge < -0.3 is 9.30 Å². The number of imidazole rings is 1. The summed E-state index contributed by atoms with van der Waals surface area (Å²) in [5.74, 6) is -0.455. The highest BCUT2D eigenvalue weighted by molar-refractivity contribution is 9.11. The van der Waals surface area contributed by atoms with Gasteiger partial charge in [0.1, 0.15) is 4.60 Å². The van der Waals surface area contributed by atoms with Crippen LogP contribution >= 0.6 is 31.9 Å². The SMILES string of the molecule is COC(=O)c1nc(Br)n(C)c1Br. The van der Waals surface area contributed by atoms with Crippen LogP contribution in [0.4, 0.5) is 0 Å². The van der Waals surface area contributed by atoms with Crippen LogP contribution in [-0.2, 0) is 11.8 Å². The van der Waals surface area contributed by atoms with E-state index in [9.17, 15) is 4.79 Å². The summed E-state index contributed by atoms with van der Waals surface area (Å²) in [7, 11) is 3.09. The molecule has 12 heavy (non-hydrogen) atoms. The predicted octanol–water partition coefficient (Wildman–Crippen LogP) is 1.73. The Kier molecular flexibility index (Phi) is 2.89. The molecule has 0 aliphatic heterocycles. The van der Waals surface area contributed by atoms with Gasteiger partial charge in [0.25, 0.3) is 0 Å². The summed E-state index contributed by atoms with van der Waals surface area (Å²) < 4.78 is 7.38. The lowest BCUT2D eigenvalue weighted by molar-refractivity contribution is 0.0593. The smallest absolute Gasteiger partial charge is 0.359 e. The third kappa shape index (κ3) is 1.54. The Bertz CT molecular complexity index is 322. The van der Waals surface area contributed by atoms with Crippen molar-refractivity contribution < 1.29 is 9.53 Å². The largest absolute Gasteiger partial charge is 0.464 e. The van der Waals surface area contributed by atoms with Crippen molar-refractivity contribution in [3.05, 3.63) is 15.0 Å². The molecule has 0 unspecified atom stereocenters. The van der Waals surface area contributed by atoms with Gasteiger partial charge in [0.15, 0.2) is 10.4 Å². The number of hydrogen-bond donors (Lipinski definition) is 0. The molecule has 0 aliphatic carbocycles. The zero-order valence-corrected chi connectivity index (χ0v) is 9.64. The van der Waals surface area contributed by atoms with Crippen LogP contribution in [0.15, 0.2) is 9.34 Å². The molecule has 0 spiro atoms. The van der Waals surface area contributed by atoms with E-state index in [1.54, 1.807) is 11.6 Å². The molecule has 0 N–H and O–H groups in total. The number of nitrogens with zero attached hydrogens (tertiary/aromatic N) is 2. The van der Waals surface area contributed by atoms with E-state index in [0.717, 1.165) is 0 Å². The van der Waals surface area contributed by atoms with Gasteiger partial charge in [-0.2, -0.15) is 0 Å². The second-order valence-electron chi connectivity index (χ2n) is 2.07. The van der Waals surface area contributed by atoms with Crippen molar-refractivity contribution in [2.75, 3.05) is 7.11 Å². The normalized spacial score (nSPS) is 10.0. The van der Waals surface area contributed by atoms with E-state index < -0.39 is 5.97 Å². The number of aromatic nitrogens is 2. The number of ether oxygens (including phenoxy) is 1. The zero-order valence-electron chi connectivity index (χ0n) is 6.47. The van der Waals surface area contributed by atoms with Gasteiger partial charge in [0.2, 0.25) is 0 Å². The minimum atomic E-state index is -0.455. The highest BCUT2D eigenvalue weighted by Gasteiger charge is 2.17. The van der Waals surface area contributed by atoms with Crippen molar-refractivity contribution in [2.24, 2.45) is 7.05 Å². The number of esters is 1. The first-order valence-corrected chi connectivity index (χ1v) is 4.62. The van der Waals surface area contributed by atoms with E-state index in [1.807, 2.05) is 0 Å². The molecule has 0 bridgehead atoms. The van der Waals surface area contributed by atoms with Gasteiger partial charge in [-0.05, 0) is 31.9 Å². The number of halogens is 2. The van der Waals surface area contributed by atoms with Gasteiger partial charge in [-0.25, -0.2) is 9.78 Å². The minimum absolute atomic E-state index is 0.270. The molecule has 0 atom stereocenters. The van der Waals surface area contributed by atoms with Crippen LogP contribution in [0.2, 0.25) is 0 Å². The first kappa shape index (κ1) is 9.73. The average Bonchev–Trinajstić information content (AvgIpc) is 2.32. The Morgan fingerprint density at radius 2 is 2.17 bits per heavy atom. The monoisotopic (exact) mass is 296 g/mol. The zero-order chi connectivity index (χ0) is 9.30. The fourth-order valence-electron chi connectivity index (χ4n) is 0.680. The van der Waals surface area contributed by atoms with Crippen LogP contribution in [0, 0.1) is 0 Å². The lowest BCUT2D eigenvalue weighted by Crippen LogP contribution is -2.02. The second-order valence-corrected chi connectivity index (χ2v) is 3.53. The van der Waals surface area contributed by atoms with Gasteiger partial charge in [-0.3, -0.25) is 0 Å². The quantitative estimate of drug-likeness (QED) is 0.742. The maximum atomic E-state index is 11.1. The van der Waals surface area contributed by atoms with E-state index in [0.29, 0.717) is 9.34 Å². The molecule has 66 valence electrons. The van der Waals surface area contributed by atoms with Gasteiger partial charge in [0.05, 0.1) is 7.11 Å². The molecule has 6 heteroatoms. The molecule has 0 fully saturated rings. The molecule has 0 aliphatic rings. The number of rotatable bonds is 1. The molecule has 0 aromatic carbocycles. The third-order valence-corrected chi connectivity index (χ3v) is 2.97. The molecule has 0 saturated carbocycles. The van der Waals surface area contributed by atoms with E-state index in [-0.39, 0.29) is 5.69 Å². The summed E-state index contributed by atoms with van der Waals surface area (Å²) in [5.41, 5.74) is 0.270. The van der Waals surface area contributed by atoms with Crippen LogP contribution in [0.25, 0.3) is 0 Å². The maximum absolute atomic E-state index is 11.1. The van der Waals surface area contributed by atoms with E-state index in [4.69, 9.17) is 0 Å². The molecule has 4 nitrogen and oxygen atoms in total. The van der Waals surface area contributed by atoms with Crippen LogP contribution in [0.5, 0.6) is 0 Å². The van der Waals surface area contributed by atoms with E-state index in [2.05, 4.69) is 41.6 Å². The Morgan fingerprint density at radius 1 is 1.58 bits per heavy atom. The molecule has 1 heterocycles. The van der Waals surface area contributed by atoms with Crippen molar-refractivity contribution in [1.29, 1.82) is 0 Å². The topological polar surface area (TPSA) is 44.1 Å². The first-order chi connectivity index (χ1) is 5.57. The summed E-state index contributed by atoms with van der Waals surface area (Å²) >= 11 is 6.39. The molecule has 0 amide bonds. The Balaban J connectivity index is 3.17. The fraction of sp³-hybridized carbons (Fsp3) is 0.333. The van der Waals surface area contributed by atoms with E-state index in [1.165, 1.54) is 7.11 Å². The Morgan fingerprint density at radius 3 is 2.50 bits per heavy atom. The van der Waals surface area contributed by atoms with E-state index >= 15 is 0 Å². The van der Waals surface area contributed by atoms with Crippen molar-refractivity contribution >= 4 is 37.8 Å². The molecular weight excluding hydrogens is 292 g/mol. The molecule has 1 aromatic heterocycles. The molecular formula is C6H6Br2N2O2. The molecule has 0 radical (unpaired) electrons. The van der Waals surface area contributed by atoms with Gasteiger partial charge in [-0.1, -0.05) is 0 Å². The number of methoxy groups -OCH3 is 1. The Hall–Kier alpha value is -0.360. The van der Waals surface area contributed by atoms with Crippen LogP contribution < -0.4 is 0 Å². The average molecular weight is 298 g/mol. The van der Waals surface area contributed by atoms with Crippen molar-refractivity contribution in [2.45, 2.75) is 0 Å². The highest BCUT2D eigenvalue weighted by atomic mass is 79.9. The Labute approximate surface area is 86.2 Å². The highest BCUT2D eigenvalue weighted by Crippen LogP contribution is 2.21. The first-order valence-electron chi connectivity index (χ1n) is 3.04. The standard InChI is InChI=1S/C6H6Br2N2O2/c1-10-4(7)3(5(11)12-2)9-6(10)8/h1-2H3. The van der Waals surface area contributed by atoms with Crippen molar-refractivity contribution in [1.82, 2.24) is 9.55 Å². The fourth-order valence-corrected chi connectivity index (χ4v) is 1.69. The van der Waals surface area contributed by atoms with Gasteiger partial charge >= 0.3 is 5.97 Å². The summed E-state index contributed by atoms with van der Waals surface area (Å²) in [4.78, 5) is 15.0. The summed E-state index contributed by atoms with van der Waals surface area (Å²) in [6, 6.07) is 0. The maximum Gasteiger partial charge on any atom is 0.359 e. The molecule has 0 saturated heterocycles. The van der Waals surface area contributed by atoms with Crippen LogP contribution in [0.1, 0.15) is 10.5 Å². The van der Waals surface area contributed by atoms with Crippen LogP contribution in [-0.4, -0.2) is 22.6 Å². The lowest BCUT2D eigenvalue weighted by atomic mass is 10.5. The summed E-state index contributed by atoms with van der Waals surface area (Å²) in [5, 5.41) is 0. The molecule has 1 rings (SSSR count). The lowest BCUT2D eigenvalue weighted by Gasteiger charge is -1.95. The molecule has 1 aromatic rings. The number of carbonyl (C=O) groups is 1. The minimum Gasteiger partial charge on any atom is -0.464 e.